The van der Waals surface area contributed by atoms with Crippen molar-refractivity contribution in [1.29, 1.82) is 0 Å². The van der Waals surface area contributed by atoms with Crippen molar-refractivity contribution in [2.24, 2.45) is 5.41 Å². The summed E-state index contributed by atoms with van der Waals surface area (Å²) in [4.78, 5) is 0.290. The molecule has 2 aromatic carbocycles. The lowest BCUT2D eigenvalue weighted by molar-refractivity contribution is 0.0174. The summed E-state index contributed by atoms with van der Waals surface area (Å²) in [6.45, 7) is 5.93. The smallest absolute Gasteiger partial charge is 0.179 e. The summed E-state index contributed by atoms with van der Waals surface area (Å²) in [5, 5.41) is 11.6. The van der Waals surface area contributed by atoms with E-state index in [9.17, 15) is 17.9 Å². The van der Waals surface area contributed by atoms with E-state index >= 15 is 0 Å². The highest BCUT2D eigenvalue weighted by Crippen LogP contribution is 2.48. The number of aryl methyl sites for hydroxylation is 1. The molecule has 1 unspecified atom stereocenters. The number of hydrogen-bond donors (Lipinski definition) is 1. The molecule has 0 spiro atoms. The molecule has 0 amide bonds. The van der Waals surface area contributed by atoms with E-state index in [0.29, 0.717) is 23.3 Å². The van der Waals surface area contributed by atoms with E-state index in [1.165, 1.54) is 12.1 Å². The second-order valence-corrected chi connectivity index (χ2v) is 10.1. The monoisotopic (exact) mass is 404 g/mol. The maximum Gasteiger partial charge on any atom is 0.179 e. The van der Waals surface area contributed by atoms with Crippen LogP contribution >= 0.6 is 0 Å². The summed E-state index contributed by atoms with van der Waals surface area (Å²) in [7, 11) is -3.56. The van der Waals surface area contributed by atoms with Gasteiger partial charge in [0.2, 0.25) is 0 Å². The summed E-state index contributed by atoms with van der Waals surface area (Å²) in [5.41, 5.74) is 1.56. The Bertz CT molecular complexity index is 937. The molecule has 3 nitrogen and oxygen atoms in total. The van der Waals surface area contributed by atoms with Gasteiger partial charge in [0, 0.05) is 11.3 Å². The Morgan fingerprint density at radius 1 is 1.14 bits per heavy atom. The minimum atomic E-state index is -3.56. The van der Waals surface area contributed by atoms with Gasteiger partial charge in [0.1, 0.15) is 5.82 Å². The third-order valence-corrected chi connectivity index (χ3v) is 8.21. The Hall–Kier alpha value is -1.72. The largest absolute Gasteiger partial charge is 0.392 e. The van der Waals surface area contributed by atoms with Gasteiger partial charge in [-0.05, 0) is 49.1 Å². The van der Waals surface area contributed by atoms with E-state index in [-0.39, 0.29) is 11.6 Å². The minimum Gasteiger partial charge on any atom is -0.392 e. The van der Waals surface area contributed by atoms with Crippen LogP contribution in [0, 0.1) is 18.2 Å². The van der Waals surface area contributed by atoms with Crippen molar-refractivity contribution in [1.82, 2.24) is 0 Å². The molecule has 0 saturated carbocycles. The zero-order valence-corrected chi connectivity index (χ0v) is 17.6. The van der Waals surface area contributed by atoms with Crippen LogP contribution in [0.25, 0.3) is 0 Å². The summed E-state index contributed by atoms with van der Waals surface area (Å²) in [5.74, 6) is -0.924. The SMILES string of the molecule is CCCC[C@]1(CC)CS(=O)(=O)c2ccc(C)cc2[C@@H](c2ccc(F)cc2)C1O. The van der Waals surface area contributed by atoms with Gasteiger partial charge < -0.3 is 5.11 Å². The zero-order chi connectivity index (χ0) is 20.5. The highest BCUT2D eigenvalue weighted by atomic mass is 32.2. The summed E-state index contributed by atoms with van der Waals surface area (Å²) in [6, 6.07) is 11.4. The first-order valence-electron chi connectivity index (χ1n) is 10.0. The zero-order valence-electron chi connectivity index (χ0n) is 16.8. The van der Waals surface area contributed by atoms with Crippen molar-refractivity contribution in [3.63, 3.8) is 0 Å². The lowest BCUT2D eigenvalue weighted by atomic mass is 9.69. The van der Waals surface area contributed by atoms with E-state index in [0.717, 1.165) is 24.0 Å². The molecule has 1 N–H and O–H groups in total. The third kappa shape index (κ3) is 3.74. The summed E-state index contributed by atoms with van der Waals surface area (Å²) < 4.78 is 40.2. The average molecular weight is 405 g/mol. The molecule has 0 bridgehead atoms. The number of fused-ring (bicyclic) bond motifs is 1. The Labute approximate surface area is 167 Å². The van der Waals surface area contributed by atoms with Crippen molar-refractivity contribution in [3.05, 3.63) is 65.0 Å². The second-order valence-electron chi connectivity index (χ2n) is 8.09. The first kappa shape index (κ1) is 21.0. The predicted octanol–water partition coefficient (Wildman–Crippen LogP) is 5.00. The Balaban J connectivity index is 2.28. The van der Waals surface area contributed by atoms with E-state index in [1.54, 1.807) is 24.3 Å². The average Bonchev–Trinajstić information content (AvgIpc) is 2.72. The Morgan fingerprint density at radius 3 is 2.43 bits per heavy atom. The number of aliphatic hydroxyl groups is 1. The molecule has 5 heteroatoms. The molecule has 0 radical (unpaired) electrons. The van der Waals surface area contributed by atoms with Gasteiger partial charge in [-0.1, -0.05) is 56.5 Å². The molecule has 0 aromatic heterocycles. The van der Waals surface area contributed by atoms with E-state index < -0.39 is 27.3 Å². The fourth-order valence-corrected chi connectivity index (χ4v) is 6.78. The molecule has 0 aliphatic carbocycles. The van der Waals surface area contributed by atoms with Crippen LogP contribution in [0.2, 0.25) is 0 Å². The molecule has 0 fully saturated rings. The van der Waals surface area contributed by atoms with Crippen LogP contribution < -0.4 is 0 Å². The van der Waals surface area contributed by atoms with Gasteiger partial charge in [-0.2, -0.15) is 0 Å². The molecule has 3 rings (SSSR count). The van der Waals surface area contributed by atoms with E-state index in [1.807, 2.05) is 19.9 Å². The first-order valence-corrected chi connectivity index (χ1v) is 11.7. The van der Waals surface area contributed by atoms with Gasteiger partial charge in [0.25, 0.3) is 0 Å². The van der Waals surface area contributed by atoms with Crippen LogP contribution in [0.3, 0.4) is 0 Å². The van der Waals surface area contributed by atoms with Gasteiger partial charge >= 0.3 is 0 Å². The van der Waals surface area contributed by atoms with Crippen molar-refractivity contribution >= 4 is 9.84 Å². The summed E-state index contributed by atoms with van der Waals surface area (Å²) >= 11 is 0. The minimum absolute atomic E-state index is 0.0641. The fraction of sp³-hybridized carbons (Fsp3) is 0.478. The highest BCUT2D eigenvalue weighted by molar-refractivity contribution is 7.91. The summed E-state index contributed by atoms with van der Waals surface area (Å²) in [6.07, 6.45) is 2.13. The van der Waals surface area contributed by atoms with E-state index in [4.69, 9.17) is 0 Å². The van der Waals surface area contributed by atoms with Crippen molar-refractivity contribution in [3.8, 4) is 0 Å². The van der Waals surface area contributed by atoms with Crippen molar-refractivity contribution in [2.75, 3.05) is 5.75 Å². The Kier molecular flexibility index (Phi) is 5.97. The predicted molar refractivity (Wildman–Crippen MR) is 110 cm³/mol. The Morgan fingerprint density at radius 2 is 1.82 bits per heavy atom. The molecule has 1 aliphatic heterocycles. The normalized spacial score (nSPS) is 26.5. The van der Waals surface area contributed by atoms with Crippen LogP contribution in [-0.2, 0) is 9.84 Å². The van der Waals surface area contributed by atoms with Gasteiger partial charge in [-0.15, -0.1) is 0 Å². The first-order chi connectivity index (χ1) is 13.2. The van der Waals surface area contributed by atoms with Crippen LogP contribution in [0.1, 0.15) is 62.1 Å². The van der Waals surface area contributed by atoms with Gasteiger partial charge in [-0.25, -0.2) is 12.8 Å². The molecule has 28 heavy (non-hydrogen) atoms. The van der Waals surface area contributed by atoms with Crippen LogP contribution in [0.15, 0.2) is 47.4 Å². The number of hydrogen-bond acceptors (Lipinski definition) is 3. The van der Waals surface area contributed by atoms with E-state index in [2.05, 4.69) is 6.92 Å². The van der Waals surface area contributed by atoms with Crippen molar-refractivity contribution in [2.45, 2.75) is 63.4 Å². The molecule has 1 heterocycles. The number of benzene rings is 2. The number of aliphatic hydroxyl groups excluding tert-OH is 1. The quantitative estimate of drug-likeness (QED) is 0.763. The molecule has 2 aromatic rings. The molecular weight excluding hydrogens is 375 g/mol. The van der Waals surface area contributed by atoms with Crippen LogP contribution in [0.5, 0.6) is 0 Å². The van der Waals surface area contributed by atoms with Crippen molar-refractivity contribution < 1.29 is 17.9 Å². The van der Waals surface area contributed by atoms with Crippen LogP contribution in [0.4, 0.5) is 4.39 Å². The lowest BCUT2D eigenvalue weighted by Crippen LogP contribution is -2.42. The third-order valence-electron chi connectivity index (χ3n) is 6.22. The van der Waals surface area contributed by atoms with Gasteiger partial charge in [0.05, 0.1) is 16.8 Å². The molecule has 3 atom stereocenters. The highest BCUT2D eigenvalue weighted by Gasteiger charge is 2.48. The number of halogens is 1. The molecule has 152 valence electrons. The molecule has 0 saturated heterocycles. The standard InChI is InChI=1S/C23H29FO3S/c1-4-6-13-23(5-2)15-28(26,27)20-12-7-16(3)14-19(20)21(22(23)25)17-8-10-18(24)11-9-17/h7-12,14,21-22,25H,4-6,13,15H2,1-3H3/t21-,22?,23-/m1/s1. The van der Waals surface area contributed by atoms with Gasteiger partial charge in [0.15, 0.2) is 9.84 Å². The maximum absolute atomic E-state index is 13.5. The fourth-order valence-electron chi connectivity index (χ4n) is 4.53. The second kappa shape index (κ2) is 7.96. The topological polar surface area (TPSA) is 54.4 Å². The van der Waals surface area contributed by atoms with Crippen LogP contribution in [-0.4, -0.2) is 25.4 Å². The maximum atomic E-state index is 13.5. The molecular formula is C23H29FO3S. The number of unbranched alkanes of at least 4 members (excludes halogenated alkanes) is 1. The van der Waals surface area contributed by atoms with Gasteiger partial charge in [-0.3, -0.25) is 0 Å². The number of rotatable bonds is 5. The number of sulfone groups is 1. The molecule has 1 aliphatic rings. The lowest BCUT2D eigenvalue weighted by Gasteiger charge is -2.39.